The molecular weight excluding hydrogens is 304 g/mol. The van der Waals surface area contributed by atoms with E-state index in [2.05, 4.69) is 19.2 Å². The Balaban J connectivity index is 1.93. The average Bonchev–Trinajstić information content (AvgIpc) is 2.58. The molecule has 1 aliphatic rings. The first kappa shape index (κ1) is 18.0. The number of esters is 1. The van der Waals surface area contributed by atoms with Crippen LogP contribution in [0.25, 0.3) is 0 Å². The lowest BCUT2D eigenvalue weighted by atomic mass is 9.78. The Morgan fingerprint density at radius 1 is 1.33 bits per heavy atom. The Labute approximate surface area is 143 Å². The summed E-state index contributed by atoms with van der Waals surface area (Å²) in [5, 5.41) is 11.9. The molecule has 1 N–H and O–H groups in total. The molecule has 0 saturated heterocycles. The Morgan fingerprint density at radius 2 is 2.08 bits per heavy atom. The maximum atomic E-state index is 12.3. The van der Waals surface area contributed by atoms with Gasteiger partial charge < -0.3 is 10.1 Å². The van der Waals surface area contributed by atoms with Crippen LogP contribution in [0.5, 0.6) is 0 Å². The number of amides is 1. The molecule has 0 aliphatic heterocycles. The molecule has 0 unspecified atom stereocenters. The highest BCUT2D eigenvalue weighted by Gasteiger charge is 2.30. The van der Waals surface area contributed by atoms with Crippen LogP contribution in [0.3, 0.4) is 0 Å². The van der Waals surface area contributed by atoms with E-state index in [-0.39, 0.29) is 17.5 Å². The second-order valence-corrected chi connectivity index (χ2v) is 6.62. The summed E-state index contributed by atoms with van der Waals surface area (Å²) in [5.41, 5.74) is 0.653. The number of carbonyl (C=O) groups is 2. The van der Waals surface area contributed by atoms with Gasteiger partial charge >= 0.3 is 5.97 Å². The molecule has 0 aromatic heterocycles. The average molecular weight is 328 g/mol. The monoisotopic (exact) mass is 328 g/mol. The minimum Gasteiger partial charge on any atom is -0.449 e. The van der Waals surface area contributed by atoms with Crippen molar-refractivity contribution in [3.63, 3.8) is 0 Å². The quantitative estimate of drug-likeness (QED) is 0.862. The zero-order valence-corrected chi connectivity index (χ0v) is 14.4. The number of hydrogen-bond acceptors (Lipinski definition) is 4. The van der Waals surface area contributed by atoms with E-state index >= 15 is 0 Å². The fourth-order valence-electron chi connectivity index (χ4n) is 3.08. The van der Waals surface area contributed by atoms with Gasteiger partial charge in [-0.1, -0.05) is 32.8 Å². The molecule has 24 heavy (non-hydrogen) atoms. The first-order valence-corrected chi connectivity index (χ1v) is 8.44. The van der Waals surface area contributed by atoms with Crippen molar-refractivity contribution < 1.29 is 14.3 Å². The maximum absolute atomic E-state index is 12.3. The van der Waals surface area contributed by atoms with Crippen LogP contribution in [0.2, 0.25) is 0 Å². The van der Waals surface area contributed by atoms with Gasteiger partial charge in [0, 0.05) is 6.04 Å². The summed E-state index contributed by atoms with van der Waals surface area (Å²) in [6, 6.07) is 8.35. The molecule has 1 fully saturated rings. The van der Waals surface area contributed by atoms with Gasteiger partial charge in [0.25, 0.3) is 5.91 Å². The number of benzene rings is 1. The van der Waals surface area contributed by atoms with Crippen LogP contribution in [0.4, 0.5) is 0 Å². The summed E-state index contributed by atoms with van der Waals surface area (Å²) in [6.07, 6.45) is 2.38. The van der Waals surface area contributed by atoms with Gasteiger partial charge in [0.05, 0.1) is 17.2 Å². The van der Waals surface area contributed by atoms with Crippen LogP contribution >= 0.6 is 0 Å². The van der Waals surface area contributed by atoms with E-state index in [1.54, 1.807) is 25.1 Å². The van der Waals surface area contributed by atoms with Gasteiger partial charge in [-0.15, -0.1) is 0 Å². The third-order valence-electron chi connectivity index (χ3n) is 4.91. The highest BCUT2D eigenvalue weighted by Crippen LogP contribution is 2.29. The number of rotatable bonds is 4. The predicted molar refractivity (Wildman–Crippen MR) is 90.1 cm³/mol. The van der Waals surface area contributed by atoms with Crippen molar-refractivity contribution in [3.8, 4) is 6.07 Å². The van der Waals surface area contributed by atoms with Gasteiger partial charge in [0.1, 0.15) is 0 Å². The number of hydrogen-bond donors (Lipinski definition) is 1. The molecule has 5 heteroatoms. The lowest BCUT2D eigenvalue weighted by Gasteiger charge is -2.35. The highest BCUT2D eigenvalue weighted by molar-refractivity contribution is 5.92. The van der Waals surface area contributed by atoms with Gasteiger partial charge in [-0.3, -0.25) is 4.79 Å². The fraction of sp³-hybridized carbons (Fsp3) is 0.526. The maximum Gasteiger partial charge on any atom is 0.338 e. The van der Waals surface area contributed by atoms with E-state index in [1.165, 1.54) is 12.5 Å². The Morgan fingerprint density at radius 3 is 2.79 bits per heavy atom. The third-order valence-corrected chi connectivity index (χ3v) is 4.91. The van der Waals surface area contributed by atoms with Gasteiger partial charge in [-0.25, -0.2) is 4.79 Å². The molecule has 0 spiro atoms. The molecule has 1 amide bonds. The first-order chi connectivity index (χ1) is 11.4. The van der Waals surface area contributed by atoms with Gasteiger partial charge in [-0.2, -0.15) is 5.26 Å². The molecule has 0 radical (unpaired) electrons. The van der Waals surface area contributed by atoms with Crippen LogP contribution in [0, 0.1) is 23.2 Å². The molecule has 1 aromatic carbocycles. The second kappa shape index (κ2) is 7.96. The van der Waals surface area contributed by atoms with Crippen LogP contribution < -0.4 is 5.32 Å². The lowest BCUT2D eigenvalue weighted by Crippen LogP contribution is -2.47. The highest BCUT2D eigenvalue weighted by atomic mass is 16.5. The van der Waals surface area contributed by atoms with Crippen LogP contribution in [0.1, 0.15) is 56.0 Å². The Kier molecular flexibility index (Phi) is 5.97. The van der Waals surface area contributed by atoms with E-state index in [0.29, 0.717) is 17.4 Å². The van der Waals surface area contributed by atoms with E-state index in [9.17, 15) is 9.59 Å². The lowest BCUT2D eigenvalue weighted by molar-refractivity contribution is -0.130. The Bertz CT molecular complexity index is 650. The molecule has 1 aliphatic carbocycles. The topological polar surface area (TPSA) is 79.2 Å². The standard InChI is InChI=1S/C19H24N2O3/c1-12-6-4-9-17(13(12)2)21-18(22)14(3)24-19(23)16-8-5-7-15(10-16)11-20/h5,7-8,10,12-14,17H,4,6,9H2,1-3H3,(H,21,22)/t12-,13-,14-,17+/m1/s1. The fourth-order valence-corrected chi connectivity index (χ4v) is 3.08. The van der Waals surface area contributed by atoms with Gasteiger partial charge in [0.2, 0.25) is 0 Å². The van der Waals surface area contributed by atoms with Crippen LogP contribution in [0.15, 0.2) is 24.3 Å². The van der Waals surface area contributed by atoms with Crippen molar-refractivity contribution in [3.05, 3.63) is 35.4 Å². The summed E-state index contributed by atoms with van der Waals surface area (Å²) < 4.78 is 5.24. The minimum absolute atomic E-state index is 0.129. The normalized spacial score (nSPS) is 24.5. The molecule has 0 bridgehead atoms. The zero-order valence-electron chi connectivity index (χ0n) is 14.4. The number of nitriles is 1. The number of nitrogens with one attached hydrogen (secondary N) is 1. The summed E-state index contributed by atoms with van der Waals surface area (Å²) in [6.45, 7) is 5.92. The molecule has 128 valence electrons. The summed E-state index contributed by atoms with van der Waals surface area (Å²) in [5.74, 6) is 0.124. The zero-order chi connectivity index (χ0) is 17.7. The summed E-state index contributed by atoms with van der Waals surface area (Å²) in [7, 11) is 0. The molecule has 0 heterocycles. The molecule has 2 rings (SSSR count). The molecule has 5 nitrogen and oxygen atoms in total. The first-order valence-electron chi connectivity index (χ1n) is 8.44. The number of ether oxygens (including phenoxy) is 1. The Hall–Kier alpha value is -2.35. The van der Waals surface area contributed by atoms with Gasteiger partial charge in [-0.05, 0) is 43.4 Å². The van der Waals surface area contributed by atoms with Crippen molar-refractivity contribution >= 4 is 11.9 Å². The van der Waals surface area contributed by atoms with E-state index in [0.717, 1.165) is 12.8 Å². The molecule has 1 saturated carbocycles. The minimum atomic E-state index is -0.868. The predicted octanol–water partition coefficient (Wildman–Crippen LogP) is 3.04. The van der Waals surface area contributed by atoms with E-state index < -0.39 is 12.1 Å². The largest absolute Gasteiger partial charge is 0.449 e. The third kappa shape index (κ3) is 4.35. The van der Waals surface area contributed by atoms with Crippen LogP contribution in [-0.2, 0) is 9.53 Å². The van der Waals surface area contributed by atoms with Crippen molar-refractivity contribution in [2.45, 2.75) is 52.2 Å². The number of carbonyl (C=O) groups excluding carboxylic acids is 2. The van der Waals surface area contributed by atoms with E-state index in [1.807, 2.05) is 6.07 Å². The van der Waals surface area contributed by atoms with Crippen molar-refractivity contribution in [2.24, 2.45) is 11.8 Å². The van der Waals surface area contributed by atoms with E-state index in [4.69, 9.17) is 10.00 Å². The molecule has 1 aromatic rings. The van der Waals surface area contributed by atoms with Crippen molar-refractivity contribution in [2.75, 3.05) is 0 Å². The SMILES string of the molecule is C[C@@H]1[C@H](C)CCC[C@@H]1NC(=O)[C@@H](C)OC(=O)c1cccc(C#N)c1. The second-order valence-electron chi connectivity index (χ2n) is 6.62. The molecule has 4 atom stereocenters. The molecular formula is C19H24N2O3. The summed E-state index contributed by atoms with van der Waals surface area (Å²) >= 11 is 0. The summed E-state index contributed by atoms with van der Waals surface area (Å²) in [4.78, 5) is 24.4. The van der Waals surface area contributed by atoms with Gasteiger partial charge in [0.15, 0.2) is 6.10 Å². The van der Waals surface area contributed by atoms with Crippen LogP contribution in [-0.4, -0.2) is 24.0 Å². The number of nitrogens with zero attached hydrogens (tertiary/aromatic N) is 1. The van der Waals surface area contributed by atoms with Crippen molar-refractivity contribution in [1.82, 2.24) is 5.32 Å². The smallest absolute Gasteiger partial charge is 0.338 e. The van der Waals surface area contributed by atoms with Crippen molar-refractivity contribution in [1.29, 1.82) is 5.26 Å².